The number of carboxylic acids is 1. The maximum absolute atomic E-state index is 10.7. The Morgan fingerprint density at radius 3 is 2.67 bits per heavy atom. The van der Waals surface area contributed by atoms with E-state index in [-0.39, 0.29) is 0 Å². The van der Waals surface area contributed by atoms with E-state index in [0.717, 1.165) is 24.2 Å². The molecule has 1 aromatic carbocycles. The SMILES string of the molecule is Cc1ccc(OC/C(=C/C(=O)O)C2CC2)cc1C. The lowest BCUT2D eigenvalue weighted by molar-refractivity contribution is -0.131. The van der Waals surface area contributed by atoms with Crippen LogP contribution in [0.3, 0.4) is 0 Å². The topological polar surface area (TPSA) is 46.5 Å². The number of hydrogen-bond acceptors (Lipinski definition) is 2. The minimum absolute atomic E-state index is 0.374. The van der Waals surface area contributed by atoms with Gasteiger partial charge in [0.15, 0.2) is 0 Å². The summed E-state index contributed by atoms with van der Waals surface area (Å²) in [5.41, 5.74) is 3.30. The lowest BCUT2D eigenvalue weighted by atomic mass is 10.1. The molecule has 96 valence electrons. The van der Waals surface area contributed by atoms with Gasteiger partial charge in [-0.2, -0.15) is 0 Å². The molecule has 1 fully saturated rings. The molecule has 0 unspecified atom stereocenters. The van der Waals surface area contributed by atoms with Crippen LogP contribution in [-0.4, -0.2) is 17.7 Å². The minimum atomic E-state index is -0.888. The molecule has 0 heterocycles. The Morgan fingerprint density at radius 1 is 1.39 bits per heavy atom. The zero-order valence-electron chi connectivity index (χ0n) is 10.8. The van der Waals surface area contributed by atoms with E-state index in [1.165, 1.54) is 17.2 Å². The van der Waals surface area contributed by atoms with E-state index in [1.807, 2.05) is 25.1 Å². The van der Waals surface area contributed by atoms with Crippen molar-refractivity contribution in [1.29, 1.82) is 0 Å². The zero-order chi connectivity index (χ0) is 13.1. The Labute approximate surface area is 107 Å². The van der Waals surface area contributed by atoms with Gasteiger partial charge in [0, 0.05) is 6.08 Å². The van der Waals surface area contributed by atoms with E-state index in [2.05, 4.69) is 6.92 Å². The van der Waals surface area contributed by atoms with E-state index in [0.29, 0.717) is 12.5 Å². The van der Waals surface area contributed by atoms with Gasteiger partial charge in [-0.15, -0.1) is 0 Å². The lowest BCUT2D eigenvalue weighted by Crippen LogP contribution is -2.06. The predicted molar refractivity (Wildman–Crippen MR) is 69.9 cm³/mol. The van der Waals surface area contributed by atoms with Crippen LogP contribution >= 0.6 is 0 Å². The van der Waals surface area contributed by atoms with E-state index < -0.39 is 5.97 Å². The highest BCUT2D eigenvalue weighted by molar-refractivity contribution is 5.80. The molecule has 0 spiro atoms. The van der Waals surface area contributed by atoms with Crippen molar-refractivity contribution in [1.82, 2.24) is 0 Å². The van der Waals surface area contributed by atoms with Crippen molar-refractivity contribution in [3.8, 4) is 5.75 Å². The summed E-state index contributed by atoms with van der Waals surface area (Å²) in [6.07, 6.45) is 3.45. The van der Waals surface area contributed by atoms with Crippen LogP contribution < -0.4 is 4.74 Å². The first kappa shape index (κ1) is 12.7. The quantitative estimate of drug-likeness (QED) is 0.812. The molecule has 1 aliphatic carbocycles. The van der Waals surface area contributed by atoms with Gasteiger partial charge in [0.2, 0.25) is 0 Å². The molecule has 0 aromatic heterocycles. The van der Waals surface area contributed by atoms with Gasteiger partial charge in [0.25, 0.3) is 0 Å². The number of hydrogen-bond donors (Lipinski definition) is 1. The van der Waals surface area contributed by atoms with Gasteiger partial charge >= 0.3 is 5.97 Å². The lowest BCUT2D eigenvalue weighted by Gasteiger charge is -2.10. The van der Waals surface area contributed by atoms with Crippen LogP contribution in [0.2, 0.25) is 0 Å². The highest BCUT2D eigenvalue weighted by atomic mass is 16.5. The molecule has 3 nitrogen and oxygen atoms in total. The van der Waals surface area contributed by atoms with Crippen LogP contribution in [0.25, 0.3) is 0 Å². The number of aliphatic carboxylic acids is 1. The summed E-state index contributed by atoms with van der Waals surface area (Å²) in [7, 11) is 0. The Bertz CT molecular complexity index is 485. The maximum atomic E-state index is 10.7. The summed E-state index contributed by atoms with van der Waals surface area (Å²) in [6.45, 7) is 4.47. The predicted octanol–water partition coefficient (Wildman–Crippen LogP) is 3.10. The number of carboxylic acid groups (broad SMARTS) is 1. The molecule has 1 N–H and O–H groups in total. The third-order valence-electron chi connectivity index (χ3n) is 3.29. The summed E-state index contributed by atoms with van der Waals surface area (Å²) in [5, 5.41) is 8.81. The second-order valence-electron chi connectivity index (χ2n) is 4.87. The van der Waals surface area contributed by atoms with E-state index in [1.54, 1.807) is 0 Å². The van der Waals surface area contributed by atoms with Crippen molar-refractivity contribution in [3.05, 3.63) is 41.0 Å². The molecule has 1 aliphatic rings. The number of aryl methyl sites for hydroxylation is 2. The van der Waals surface area contributed by atoms with Crippen LogP contribution in [0.1, 0.15) is 24.0 Å². The summed E-state index contributed by atoms with van der Waals surface area (Å²) in [4.78, 5) is 10.7. The van der Waals surface area contributed by atoms with Crippen molar-refractivity contribution in [2.45, 2.75) is 26.7 Å². The van der Waals surface area contributed by atoms with Crippen LogP contribution in [0, 0.1) is 19.8 Å². The van der Waals surface area contributed by atoms with E-state index in [4.69, 9.17) is 9.84 Å². The Balaban J connectivity index is 2.00. The first-order valence-electron chi connectivity index (χ1n) is 6.19. The van der Waals surface area contributed by atoms with Crippen molar-refractivity contribution in [2.24, 2.45) is 5.92 Å². The summed E-state index contributed by atoms with van der Waals surface area (Å²) in [5.74, 6) is 0.322. The van der Waals surface area contributed by atoms with Gasteiger partial charge in [0.1, 0.15) is 12.4 Å². The van der Waals surface area contributed by atoms with Crippen LogP contribution in [0.4, 0.5) is 0 Å². The van der Waals surface area contributed by atoms with Crippen molar-refractivity contribution in [2.75, 3.05) is 6.61 Å². The zero-order valence-corrected chi connectivity index (χ0v) is 10.8. The van der Waals surface area contributed by atoms with Crippen LogP contribution in [-0.2, 0) is 4.79 Å². The molecular weight excluding hydrogens is 228 g/mol. The largest absolute Gasteiger partial charge is 0.489 e. The first-order valence-corrected chi connectivity index (χ1v) is 6.19. The third-order valence-corrected chi connectivity index (χ3v) is 3.29. The van der Waals surface area contributed by atoms with Crippen molar-refractivity contribution in [3.63, 3.8) is 0 Å². The summed E-state index contributed by atoms with van der Waals surface area (Å²) in [6, 6.07) is 5.93. The standard InChI is InChI=1S/C15H18O3/c1-10-3-6-14(7-11(10)2)18-9-13(8-15(16)17)12-4-5-12/h3,6-8,12H,4-5,9H2,1-2H3,(H,16,17)/b13-8-. The van der Waals surface area contributed by atoms with E-state index >= 15 is 0 Å². The molecule has 1 saturated carbocycles. The molecule has 0 saturated heterocycles. The van der Waals surface area contributed by atoms with Gasteiger partial charge in [-0.25, -0.2) is 4.79 Å². The molecule has 18 heavy (non-hydrogen) atoms. The Kier molecular flexibility index (Phi) is 3.70. The van der Waals surface area contributed by atoms with Crippen molar-refractivity contribution < 1.29 is 14.6 Å². The summed E-state index contributed by atoms with van der Waals surface area (Å²) < 4.78 is 5.67. The fraction of sp³-hybridized carbons (Fsp3) is 0.400. The van der Waals surface area contributed by atoms with Crippen LogP contribution in [0.5, 0.6) is 5.75 Å². The van der Waals surface area contributed by atoms with Gasteiger partial charge < -0.3 is 9.84 Å². The molecular formula is C15H18O3. The molecule has 0 atom stereocenters. The highest BCUT2D eigenvalue weighted by Gasteiger charge is 2.26. The molecule has 2 rings (SSSR count). The third kappa shape index (κ3) is 3.36. The van der Waals surface area contributed by atoms with Crippen LogP contribution in [0.15, 0.2) is 29.8 Å². The highest BCUT2D eigenvalue weighted by Crippen LogP contribution is 2.36. The number of carbonyl (C=O) groups is 1. The normalized spacial score (nSPS) is 15.6. The minimum Gasteiger partial charge on any atom is -0.489 e. The molecule has 0 radical (unpaired) electrons. The van der Waals surface area contributed by atoms with Crippen molar-refractivity contribution >= 4 is 5.97 Å². The Hall–Kier alpha value is -1.77. The number of rotatable bonds is 5. The average molecular weight is 246 g/mol. The molecule has 0 aliphatic heterocycles. The number of benzene rings is 1. The van der Waals surface area contributed by atoms with Gasteiger partial charge in [0.05, 0.1) is 0 Å². The monoisotopic (exact) mass is 246 g/mol. The number of ether oxygens (including phenoxy) is 1. The maximum Gasteiger partial charge on any atom is 0.328 e. The average Bonchev–Trinajstić information content (AvgIpc) is 3.12. The second kappa shape index (κ2) is 5.25. The van der Waals surface area contributed by atoms with E-state index in [9.17, 15) is 4.79 Å². The smallest absolute Gasteiger partial charge is 0.328 e. The van der Waals surface area contributed by atoms with Gasteiger partial charge in [-0.3, -0.25) is 0 Å². The first-order chi connectivity index (χ1) is 8.56. The molecule has 3 heteroatoms. The summed E-state index contributed by atoms with van der Waals surface area (Å²) >= 11 is 0. The molecule has 0 amide bonds. The fourth-order valence-electron chi connectivity index (χ4n) is 1.86. The second-order valence-corrected chi connectivity index (χ2v) is 4.87. The van der Waals surface area contributed by atoms with Gasteiger partial charge in [-0.05, 0) is 61.4 Å². The molecule has 1 aromatic rings. The van der Waals surface area contributed by atoms with Gasteiger partial charge in [-0.1, -0.05) is 6.07 Å². The Morgan fingerprint density at radius 2 is 2.11 bits per heavy atom. The fourth-order valence-corrected chi connectivity index (χ4v) is 1.86. The molecule has 0 bridgehead atoms.